The molecule has 1 heterocycles. The quantitative estimate of drug-likeness (QED) is 0.639. The molecule has 0 spiro atoms. The fourth-order valence-corrected chi connectivity index (χ4v) is 2.68. The van der Waals surface area contributed by atoms with Crippen molar-refractivity contribution in [1.82, 2.24) is 4.98 Å². The number of hydrogen-bond donors (Lipinski definition) is 0. The molecule has 1 aromatic carbocycles. The predicted molar refractivity (Wildman–Crippen MR) is 79.3 cm³/mol. The number of halogens is 1. The zero-order valence-corrected chi connectivity index (χ0v) is 13.2. The molecule has 0 aliphatic heterocycles. The Kier molecular flexibility index (Phi) is 4.59. The van der Waals surface area contributed by atoms with E-state index in [1.165, 1.54) is 13.2 Å². The number of thiazole rings is 1. The third-order valence-corrected chi connectivity index (χ3v) is 4.01. The van der Waals surface area contributed by atoms with Gasteiger partial charge in [-0.3, -0.25) is 0 Å². The first-order valence-electron chi connectivity index (χ1n) is 5.96. The van der Waals surface area contributed by atoms with Crippen LogP contribution in [0.1, 0.15) is 31.3 Å². The molecule has 7 heteroatoms. The van der Waals surface area contributed by atoms with Crippen molar-refractivity contribution in [3.8, 4) is 5.75 Å². The molecule has 0 unspecified atom stereocenters. The topological polar surface area (TPSA) is 65.5 Å². The number of esters is 2. The van der Waals surface area contributed by atoms with Gasteiger partial charge in [-0.2, -0.15) is 0 Å². The lowest BCUT2D eigenvalue weighted by atomic mass is 10.1. The minimum absolute atomic E-state index is 0.277. The SMILES string of the molecule is COC(=O)c1ccc(C)c(OC(=O)c2sc(Cl)nc2C)c1. The number of hydrogen-bond acceptors (Lipinski definition) is 6. The van der Waals surface area contributed by atoms with Crippen LogP contribution in [0.4, 0.5) is 0 Å². The molecular weight excluding hydrogens is 314 g/mol. The maximum absolute atomic E-state index is 12.1. The Morgan fingerprint density at radius 2 is 1.95 bits per heavy atom. The molecule has 0 saturated heterocycles. The smallest absolute Gasteiger partial charge is 0.355 e. The first-order valence-corrected chi connectivity index (χ1v) is 7.16. The van der Waals surface area contributed by atoms with E-state index in [0.29, 0.717) is 21.9 Å². The van der Waals surface area contributed by atoms with Gasteiger partial charge < -0.3 is 9.47 Å². The van der Waals surface area contributed by atoms with Gasteiger partial charge in [0.1, 0.15) is 10.6 Å². The van der Waals surface area contributed by atoms with Gasteiger partial charge in [-0.05, 0) is 31.5 Å². The molecule has 0 bridgehead atoms. The largest absolute Gasteiger partial charge is 0.465 e. The van der Waals surface area contributed by atoms with Gasteiger partial charge in [0.25, 0.3) is 0 Å². The predicted octanol–water partition coefficient (Wildman–Crippen LogP) is 3.42. The van der Waals surface area contributed by atoms with Crippen LogP contribution in [0.25, 0.3) is 0 Å². The van der Waals surface area contributed by atoms with Crippen molar-refractivity contribution in [1.29, 1.82) is 0 Å². The number of nitrogens with zero attached hydrogens (tertiary/aromatic N) is 1. The lowest BCUT2D eigenvalue weighted by Crippen LogP contribution is -2.10. The van der Waals surface area contributed by atoms with Crippen molar-refractivity contribution in [2.24, 2.45) is 0 Å². The molecule has 0 amide bonds. The minimum atomic E-state index is -0.554. The van der Waals surface area contributed by atoms with Crippen molar-refractivity contribution < 1.29 is 19.1 Å². The summed E-state index contributed by atoms with van der Waals surface area (Å²) < 4.78 is 10.2. The zero-order valence-electron chi connectivity index (χ0n) is 11.6. The van der Waals surface area contributed by atoms with Crippen LogP contribution in [0.5, 0.6) is 5.75 Å². The molecule has 0 N–H and O–H groups in total. The zero-order chi connectivity index (χ0) is 15.6. The number of rotatable bonds is 3. The molecule has 21 heavy (non-hydrogen) atoms. The van der Waals surface area contributed by atoms with Crippen LogP contribution >= 0.6 is 22.9 Å². The summed E-state index contributed by atoms with van der Waals surface area (Å²) in [5.74, 6) is -0.752. The Bertz CT molecular complexity index is 711. The Balaban J connectivity index is 2.28. The van der Waals surface area contributed by atoms with Crippen molar-refractivity contribution >= 4 is 34.9 Å². The summed E-state index contributed by atoms with van der Waals surface area (Å²) in [6.45, 7) is 3.45. The Labute approximate surface area is 130 Å². The van der Waals surface area contributed by atoms with Gasteiger partial charge in [-0.1, -0.05) is 29.0 Å². The maximum atomic E-state index is 12.1. The van der Waals surface area contributed by atoms with Gasteiger partial charge in [-0.15, -0.1) is 0 Å². The molecule has 0 aliphatic carbocycles. The molecule has 0 saturated carbocycles. The molecule has 0 atom stereocenters. The Morgan fingerprint density at radius 3 is 2.52 bits per heavy atom. The van der Waals surface area contributed by atoms with E-state index in [-0.39, 0.29) is 4.47 Å². The first-order chi connectivity index (χ1) is 9.92. The highest BCUT2D eigenvalue weighted by Gasteiger charge is 2.18. The molecule has 2 aromatic rings. The van der Waals surface area contributed by atoms with E-state index in [4.69, 9.17) is 16.3 Å². The van der Waals surface area contributed by atoms with Gasteiger partial charge in [0.15, 0.2) is 4.47 Å². The number of ether oxygens (including phenoxy) is 2. The van der Waals surface area contributed by atoms with E-state index in [1.807, 2.05) is 0 Å². The normalized spacial score (nSPS) is 10.3. The summed E-state index contributed by atoms with van der Waals surface area (Å²) in [7, 11) is 1.29. The summed E-state index contributed by atoms with van der Waals surface area (Å²) in [4.78, 5) is 27.9. The second-order valence-electron chi connectivity index (χ2n) is 4.24. The summed E-state index contributed by atoms with van der Waals surface area (Å²) in [5.41, 5.74) is 1.55. The van der Waals surface area contributed by atoms with Gasteiger partial charge in [-0.25, -0.2) is 14.6 Å². The van der Waals surface area contributed by atoms with Crippen molar-refractivity contribution in [3.05, 3.63) is 44.4 Å². The van der Waals surface area contributed by atoms with E-state index >= 15 is 0 Å². The maximum Gasteiger partial charge on any atom is 0.355 e. The van der Waals surface area contributed by atoms with Gasteiger partial charge in [0.2, 0.25) is 0 Å². The first kappa shape index (κ1) is 15.5. The fraction of sp³-hybridized carbons (Fsp3) is 0.214. The number of aromatic nitrogens is 1. The monoisotopic (exact) mass is 325 g/mol. The lowest BCUT2D eigenvalue weighted by Gasteiger charge is -2.08. The molecule has 0 radical (unpaired) electrons. The molecule has 2 rings (SSSR count). The summed E-state index contributed by atoms with van der Waals surface area (Å²) in [6.07, 6.45) is 0. The molecule has 5 nitrogen and oxygen atoms in total. The minimum Gasteiger partial charge on any atom is -0.465 e. The lowest BCUT2D eigenvalue weighted by molar-refractivity contribution is 0.0597. The van der Waals surface area contributed by atoms with Crippen LogP contribution in [0.15, 0.2) is 18.2 Å². The van der Waals surface area contributed by atoms with Gasteiger partial charge in [0.05, 0.1) is 18.4 Å². The summed E-state index contributed by atoms with van der Waals surface area (Å²) in [5, 5.41) is 0. The van der Waals surface area contributed by atoms with E-state index in [0.717, 1.165) is 16.9 Å². The van der Waals surface area contributed by atoms with E-state index in [2.05, 4.69) is 9.72 Å². The number of aryl methyl sites for hydroxylation is 2. The number of methoxy groups -OCH3 is 1. The second kappa shape index (κ2) is 6.24. The summed E-state index contributed by atoms with van der Waals surface area (Å²) in [6, 6.07) is 4.76. The van der Waals surface area contributed by atoms with Crippen molar-refractivity contribution in [3.63, 3.8) is 0 Å². The van der Waals surface area contributed by atoms with Crippen LogP contribution in [-0.4, -0.2) is 24.0 Å². The Hall–Kier alpha value is -1.92. The van der Waals surface area contributed by atoms with Crippen LogP contribution in [0.3, 0.4) is 0 Å². The second-order valence-corrected chi connectivity index (χ2v) is 5.82. The van der Waals surface area contributed by atoms with Gasteiger partial charge >= 0.3 is 11.9 Å². The van der Waals surface area contributed by atoms with E-state index in [1.54, 1.807) is 26.0 Å². The van der Waals surface area contributed by atoms with E-state index < -0.39 is 11.9 Å². The van der Waals surface area contributed by atoms with Crippen LogP contribution < -0.4 is 4.74 Å². The van der Waals surface area contributed by atoms with E-state index in [9.17, 15) is 9.59 Å². The fourth-order valence-electron chi connectivity index (χ4n) is 1.65. The molecule has 0 aliphatic rings. The molecule has 110 valence electrons. The number of benzene rings is 1. The average molecular weight is 326 g/mol. The third-order valence-electron chi connectivity index (χ3n) is 2.77. The third kappa shape index (κ3) is 3.40. The highest BCUT2D eigenvalue weighted by molar-refractivity contribution is 7.17. The van der Waals surface area contributed by atoms with Gasteiger partial charge in [0, 0.05) is 0 Å². The Morgan fingerprint density at radius 1 is 1.24 bits per heavy atom. The van der Waals surface area contributed by atoms with Crippen molar-refractivity contribution in [2.75, 3.05) is 7.11 Å². The van der Waals surface area contributed by atoms with Crippen LogP contribution in [0, 0.1) is 13.8 Å². The number of carbonyl (C=O) groups excluding carboxylic acids is 2. The van der Waals surface area contributed by atoms with Crippen molar-refractivity contribution in [2.45, 2.75) is 13.8 Å². The highest BCUT2D eigenvalue weighted by atomic mass is 35.5. The standard InChI is InChI=1S/C14H12ClNO4S/c1-7-4-5-9(12(17)19-3)6-10(7)20-13(18)11-8(2)16-14(15)21-11/h4-6H,1-3H3. The number of carbonyl (C=O) groups is 2. The average Bonchev–Trinajstić information content (AvgIpc) is 2.79. The summed E-state index contributed by atoms with van der Waals surface area (Å²) >= 11 is 6.82. The molecule has 0 fully saturated rings. The molecule has 1 aromatic heterocycles. The highest BCUT2D eigenvalue weighted by Crippen LogP contribution is 2.26. The van der Waals surface area contributed by atoms with Crippen LogP contribution in [-0.2, 0) is 4.74 Å². The molecular formula is C14H12ClNO4S. The van der Waals surface area contributed by atoms with Crippen LogP contribution in [0.2, 0.25) is 4.47 Å².